The molecule has 1 rings (SSSR count). The van der Waals surface area contributed by atoms with E-state index in [1.54, 1.807) is 6.07 Å². The topological polar surface area (TPSA) is 37.7 Å². The average Bonchev–Trinajstić information content (AvgIpc) is 2.43. The van der Waals surface area contributed by atoms with Crippen LogP contribution in [0, 0.1) is 5.82 Å². The quantitative estimate of drug-likeness (QED) is 0.516. The van der Waals surface area contributed by atoms with Crippen LogP contribution in [0.2, 0.25) is 0 Å². The Morgan fingerprint density at radius 1 is 1.43 bits per heavy atom. The minimum Gasteiger partial charge on any atom is -0.494 e. The van der Waals surface area contributed by atoms with E-state index in [1.807, 2.05) is 13.0 Å². The van der Waals surface area contributed by atoms with Gasteiger partial charge in [-0.25, -0.2) is 4.39 Å². The fourth-order valence-corrected chi connectivity index (χ4v) is 2.21. The standard InChI is InChI=1S/C15H24FN3OS/c1-11(12-6-7-14(20-4)13(16)10-12)18-15(21)17-8-5-9-19(2)3/h6-7,10-11H,5,8-9H2,1-4H3,(H2,17,18,21)/p+1/t11-/m1/s1. The second-order valence-electron chi connectivity index (χ2n) is 5.33. The average molecular weight is 314 g/mol. The summed E-state index contributed by atoms with van der Waals surface area (Å²) in [5.41, 5.74) is 0.829. The van der Waals surface area contributed by atoms with Gasteiger partial charge in [-0.05, 0) is 36.8 Å². The molecule has 0 bridgehead atoms. The molecule has 0 heterocycles. The first-order chi connectivity index (χ1) is 9.93. The molecule has 0 saturated heterocycles. The molecule has 0 radical (unpaired) electrons. The SMILES string of the molecule is COc1ccc([C@@H](C)NC(=S)NCCC[NH+](C)C)cc1F. The molecule has 0 spiro atoms. The van der Waals surface area contributed by atoms with E-state index in [1.165, 1.54) is 18.1 Å². The highest BCUT2D eigenvalue weighted by atomic mass is 32.1. The van der Waals surface area contributed by atoms with Crippen molar-refractivity contribution in [2.45, 2.75) is 19.4 Å². The first kappa shape index (κ1) is 17.7. The van der Waals surface area contributed by atoms with Crippen LogP contribution in [0.4, 0.5) is 4.39 Å². The van der Waals surface area contributed by atoms with Crippen LogP contribution in [0.15, 0.2) is 18.2 Å². The van der Waals surface area contributed by atoms with Gasteiger partial charge in [0.05, 0.1) is 33.8 Å². The lowest BCUT2D eigenvalue weighted by molar-refractivity contribution is -0.858. The Hall–Kier alpha value is -1.40. The summed E-state index contributed by atoms with van der Waals surface area (Å²) in [7, 11) is 5.70. The van der Waals surface area contributed by atoms with E-state index >= 15 is 0 Å². The Morgan fingerprint density at radius 3 is 2.71 bits per heavy atom. The molecule has 0 fully saturated rings. The molecule has 3 N–H and O–H groups in total. The number of benzene rings is 1. The second kappa shape index (κ2) is 8.79. The van der Waals surface area contributed by atoms with E-state index in [2.05, 4.69) is 24.7 Å². The summed E-state index contributed by atoms with van der Waals surface area (Å²) in [5, 5.41) is 6.91. The third-order valence-electron chi connectivity index (χ3n) is 3.16. The third-order valence-corrected chi connectivity index (χ3v) is 3.42. The molecule has 0 saturated carbocycles. The molecule has 1 atom stereocenters. The maximum absolute atomic E-state index is 13.7. The fraction of sp³-hybridized carbons (Fsp3) is 0.533. The third kappa shape index (κ3) is 6.27. The number of nitrogens with one attached hydrogen (secondary N) is 3. The molecule has 0 aromatic heterocycles. The van der Waals surface area contributed by atoms with Gasteiger partial charge in [0.1, 0.15) is 0 Å². The molecule has 0 amide bonds. The van der Waals surface area contributed by atoms with Crippen LogP contribution in [0.25, 0.3) is 0 Å². The molecule has 0 aliphatic rings. The van der Waals surface area contributed by atoms with Gasteiger partial charge in [-0.3, -0.25) is 0 Å². The molecule has 21 heavy (non-hydrogen) atoms. The Balaban J connectivity index is 2.43. The zero-order valence-corrected chi connectivity index (χ0v) is 13.9. The van der Waals surface area contributed by atoms with Crippen LogP contribution in [0.5, 0.6) is 5.75 Å². The number of ether oxygens (including phenoxy) is 1. The first-order valence-electron chi connectivity index (χ1n) is 7.11. The lowest BCUT2D eigenvalue weighted by Gasteiger charge is -2.18. The van der Waals surface area contributed by atoms with E-state index in [9.17, 15) is 4.39 Å². The second-order valence-corrected chi connectivity index (χ2v) is 5.73. The van der Waals surface area contributed by atoms with Crippen molar-refractivity contribution < 1.29 is 14.0 Å². The first-order valence-corrected chi connectivity index (χ1v) is 7.51. The molecule has 1 aromatic rings. The van der Waals surface area contributed by atoms with Crippen molar-refractivity contribution >= 4 is 17.3 Å². The van der Waals surface area contributed by atoms with Crippen molar-refractivity contribution in [3.8, 4) is 5.75 Å². The number of rotatable bonds is 7. The van der Waals surface area contributed by atoms with E-state index in [0.717, 1.165) is 25.1 Å². The number of hydrogen-bond acceptors (Lipinski definition) is 2. The van der Waals surface area contributed by atoms with Gasteiger partial charge in [0.2, 0.25) is 0 Å². The molecule has 0 unspecified atom stereocenters. The normalized spacial score (nSPS) is 12.1. The van der Waals surface area contributed by atoms with Crippen LogP contribution >= 0.6 is 12.2 Å². The number of thiocarbonyl (C=S) groups is 1. The molecule has 4 nitrogen and oxygen atoms in total. The summed E-state index contributed by atoms with van der Waals surface area (Å²) in [5.74, 6) is -0.116. The molecule has 0 aliphatic carbocycles. The summed E-state index contributed by atoms with van der Waals surface area (Å²) in [4.78, 5) is 1.41. The largest absolute Gasteiger partial charge is 0.494 e. The Morgan fingerprint density at radius 2 is 2.14 bits per heavy atom. The van der Waals surface area contributed by atoms with E-state index in [4.69, 9.17) is 17.0 Å². The zero-order chi connectivity index (χ0) is 15.8. The minimum absolute atomic E-state index is 0.0649. The maximum Gasteiger partial charge on any atom is 0.166 e. The minimum atomic E-state index is -0.364. The van der Waals surface area contributed by atoms with Crippen molar-refractivity contribution in [2.75, 3.05) is 34.3 Å². The smallest absolute Gasteiger partial charge is 0.166 e. The van der Waals surface area contributed by atoms with Crippen molar-refractivity contribution in [1.82, 2.24) is 10.6 Å². The highest BCUT2D eigenvalue weighted by molar-refractivity contribution is 7.80. The summed E-state index contributed by atoms with van der Waals surface area (Å²) in [6, 6.07) is 4.86. The predicted octanol–water partition coefficient (Wildman–Crippen LogP) is 0.894. The number of halogens is 1. The Labute approximate surface area is 131 Å². The predicted molar refractivity (Wildman–Crippen MR) is 87.4 cm³/mol. The summed E-state index contributed by atoms with van der Waals surface area (Å²) < 4.78 is 18.6. The zero-order valence-electron chi connectivity index (χ0n) is 13.1. The van der Waals surface area contributed by atoms with Crippen molar-refractivity contribution in [1.29, 1.82) is 0 Å². The number of hydrogen-bond donors (Lipinski definition) is 3. The van der Waals surface area contributed by atoms with Crippen LogP contribution in [-0.4, -0.2) is 39.4 Å². The van der Waals surface area contributed by atoms with E-state index in [0.29, 0.717) is 5.11 Å². The molecular formula is C15H25FN3OS+. The van der Waals surface area contributed by atoms with Crippen molar-refractivity contribution in [3.63, 3.8) is 0 Å². The van der Waals surface area contributed by atoms with E-state index < -0.39 is 0 Å². The fourth-order valence-electron chi connectivity index (χ4n) is 1.93. The van der Waals surface area contributed by atoms with Crippen LogP contribution < -0.4 is 20.3 Å². The van der Waals surface area contributed by atoms with Crippen LogP contribution in [-0.2, 0) is 0 Å². The highest BCUT2D eigenvalue weighted by Crippen LogP contribution is 2.21. The van der Waals surface area contributed by atoms with Gasteiger partial charge in [0.25, 0.3) is 0 Å². The van der Waals surface area contributed by atoms with E-state index in [-0.39, 0.29) is 17.6 Å². The lowest BCUT2D eigenvalue weighted by Crippen LogP contribution is -3.05. The lowest BCUT2D eigenvalue weighted by atomic mass is 10.1. The summed E-state index contributed by atoms with van der Waals surface area (Å²) >= 11 is 5.24. The highest BCUT2D eigenvalue weighted by Gasteiger charge is 2.10. The Bertz CT molecular complexity index is 468. The molecule has 6 heteroatoms. The monoisotopic (exact) mass is 314 g/mol. The van der Waals surface area contributed by atoms with Gasteiger partial charge in [0.15, 0.2) is 16.7 Å². The maximum atomic E-state index is 13.7. The molecule has 1 aromatic carbocycles. The van der Waals surface area contributed by atoms with Crippen LogP contribution in [0.1, 0.15) is 24.9 Å². The van der Waals surface area contributed by atoms with Crippen molar-refractivity contribution in [3.05, 3.63) is 29.6 Å². The van der Waals surface area contributed by atoms with Gasteiger partial charge >= 0.3 is 0 Å². The van der Waals surface area contributed by atoms with Gasteiger partial charge in [-0.1, -0.05) is 6.07 Å². The molecular weight excluding hydrogens is 289 g/mol. The molecule has 0 aliphatic heterocycles. The van der Waals surface area contributed by atoms with Crippen LogP contribution in [0.3, 0.4) is 0 Å². The number of methoxy groups -OCH3 is 1. The Kier molecular flexibility index (Phi) is 7.39. The molecule has 118 valence electrons. The number of quaternary nitrogens is 1. The van der Waals surface area contributed by atoms with Gasteiger partial charge < -0.3 is 20.3 Å². The summed E-state index contributed by atoms with van der Waals surface area (Å²) in [6.07, 6.45) is 1.05. The van der Waals surface area contributed by atoms with Crippen molar-refractivity contribution in [2.24, 2.45) is 0 Å². The van der Waals surface area contributed by atoms with Gasteiger partial charge in [0, 0.05) is 13.0 Å². The summed E-state index contributed by atoms with van der Waals surface area (Å²) in [6.45, 7) is 3.87. The van der Waals surface area contributed by atoms with Gasteiger partial charge in [-0.2, -0.15) is 0 Å². The van der Waals surface area contributed by atoms with Gasteiger partial charge in [-0.15, -0.1) is 0 Å².